The summed E-state index contributed by atoms with van der Waals surface area (Å²) in [6.07, 6.45) is 11.1. The average molecular weight is 410 g/mol. The fraction of sp³-hybridized carbons (Fsp3) is 0.696. The van der Waals surface area contributed by atoms with Gasteiger partial charge >= 0.3 is 0 Å². The van der Waals surface area contributed by atoms with Gasteiger partial charge in [-0.3, -0.25) is 0 Å². The van der Waals surface area contributed by atoms with Crippen LogP contribution in [-0.4, -0.2) is 39.4 Å². The van der Waals surface area contributed by atoms with Gasteiger partial charge in [0.05, 0.1) is 42.7 Å². The van der Waals surface area contributed by atoms with Gasteiger partial charge in [0.15, 0.2) is 11.1 Å². The van der Waals surface area contributed by atoms with Crippen LogP contribution in [0, 0.1) is 11.3 Å². The summed E-state index contributed by atoms with van der Waals surface area (Å²) < 4.78 is 20.4. The Balaban J connectivity index is 0.000000567. The maximum absolute atomic E-state index is 10.4. The molecule has 0 fully saturated rings. The number of nitriles is 1. The van der Waals surface area contributed by atoms with Crippen LogP contribution < -0.4 is 0 Å². The minimum Gasteiger partial charge on any atom is -0.324 e. The van der Waals surface area contributed by atoms with Crippen molar-refractivity contribution in [1.82, 2.24) is 0 Å². The Morgan fingerprint density at radius 1 is 0.821 bits per heavy atom. The van der Waals surface area contributed by atoms with E-state index in [-0.39, 0.29) is 0 Å². The third-order valence-electron chi connectivity index (χ3n) is 5.13. The molecular formula is C23H41N2O2S+. The van der Waals surface area contributed by atoms with E-state index < -0.39 is 11.1 Å². The Labute approximate surface area is 175 Å². The highest BCUT2D eigenvalue weighted by atomic mass is 32.2. The summed E-state index contributed by atoms with van der Waals surface area (Å²) in [6.45, 7) is 15.0. The molecule has 1 rings (SSSR count). The molecule has 0 spiro atoms. The molecule has 160 valence electrons. The summed E-state index contributed by atoms with van der Waals surface area (Å²) >= 11 is -1.95. The van der Waals surface area contributed by atoms with E-state index in [2.05, 4.69) is 27.7 Å². The number of rotatable bonds is 13. The lowest BCUT2D eigenvalue weighted by molar-refractivity contribution is -0.929. The van der Waals surface area contributed by atoms with Gasteiger partial charge < -0.3 is 9.04 Å². The van der Waals surface area contributed by atoms with Gasteiger partial charge in [0, 0.05) is 0 Å². The molecule has 1 atom stereocenters. The van der Waals surface area contributed by atoms with Gasteiger partial charge in [-0.15, -0.1) is 0 Å². The third kappa shape index (κ3) is 11.6. The van der Waals surface area contributed by atoms with Gasteiger partial charge in [-0.25, -0.2) is 4.21 Å². The summed E-state index contributed by atoms with van der Waals surface area (Å²) in [7, 11) is 0. The smallest absolute Gasteiger partial charge is 0.186 e. The molecule has 0 bridgehead atoms. The SMILES string of the molecule is CCCC[N+](CCCC)(CCCC)CCCC.N#Cc1ccc(S(=O)O)cc1. The van der Waals surface area contributed by atoms with Crippen molar-refractivity contribution in [3.63, 3.8) is 0 Å². The van der Waals surface area contributed by atoms with Crippen LogP contribution in [-0.2, 0) is 11.1 Å². The molecule has 1 unspecified atom stereocenters. The number of quaternary nitrogens is 1. The average Bonchev–Trinajstić information content (AvgIpc) is 2.73. The van der Waals surface area contributed by atoms with E-state index in [1.807, 2.05) is 6.07 Å². The van der Waals surface area contributed by atoms with Crippen LogP contribution in [0.4, 0.5) is 0 Å². The van der Waals surface area contributed by atoms with Gasteiger partial charge in [-0.05, 0) is 49.9 Å². The highest BCUT2D eigenvalue weighted by Crippen LogP contribution is 2.16. The summed E-state index contributed by atoms with van der Waals surface area (Å²) in [4.78, 5) is 0.309. The number of unbranched alkanes of at least 4 members (excludes halogenated alkanes) is 4. The van der Waals surface area contributed by atoms with E-state index in [1.54, 1.807) is 0 Å². The van der Waals surface area contributed by atoms with Crippen molar-refractivity contribution >= 4 is 11.1 Å². The molecule has 1 aromatic carbocycles. The van der Waals surface area contributed by atoms with Crippen molar-refractivity contribution in [2.75, 3.05) is 26.2 Å². The first kappa shape index (κ1) is 26.8. The number of hydrogen-bond acceptors (Lipinski definition) is 2. The van der Waals surface area contributed by atoms with Crippen LogP contribution in [0.15, 0.2) is 29.2 Å². The zero-order chi connectivity index (χ0) is 21.3. The lowest BCUT2D eigenvalue weighted by Crippen LogP contribution is -2.50. The van der Waals surface area contributed by atoms with Crippen LogP contribution in [0.2, 0.25) is 0 Å². The summed E-state index contributed by atoms with van der Waals surface area (Å²) in [5.41, 5.74) is 0.485. The van der Waals surface area contributed by atoms with Crippen molar-refractivity contribution in [3.8, 4) is 6.07 Å². The maximum atomic E-state index is 10.4. The molecule has 28 heavy (non-hydrogen) atoms. The van der Waals surface area contributed by atoms with Crippen LogP contribution in [0.1, 0.15) is 84.6 Å². The van der Waals surface area contributed by atoms with Crippen LogP contribution in [0.25, 0.3) is 0 Å². The Bertz CT molecular complexity index is 529. The highest BCUT2D eigenvalue weighted by Gasteiger charge is 2.24. The zero-order valence-electron chi connectivity index (χ0n) is 18.5. The second kappa shape index (κ2) is 16.7. The Morgan fingerprint density at radius 3 is 1.43 bits per heavy atom. The monoisotopic (exact) mass is 409 g/mol. The first-order valence-electron chi connectivity index (χ1n) is 10.9. The molecule has 0 radical (unpaired) electrons. The van der Waals surface area contributed by atoms with E-state index in [4.69, 9.17) is 9.81 Å². The fourth-order valence-electron chi connectivity index (χ4n) is 3.29. The molecular weight excluding hydrogens is 368 g/mol. The molecule has 0 heterocycles. The summed E-state index contributed by atoms with van der Waals surface area (Å²) in [5.74, 6) is 0. The van der Waals surface area contributed by atoms with Crippen molar-refractivity contribution in [2.45, 2.75) is 84.0 Å². The normalized spacial score (nSPS) is 12.0. The van der Waals surface area contributed by atoms with E-state index in [1.165, 1.54) is 106 Å². The molecule has 1 aromatic rings. The second-order valence-electron chi connectivity index (χ2n) is 7.54. The van der Waals surface area contributed by atoms with Gasteiger partial charge in [0.25, 0.3) is 0 Å². The van der Waals surface area contributed by atoms with Gasteiger partial charge in [-0.1, -0.05) is 53.4 Å². The van der Waals surface area contributed by atoms with E-state index in [0.29, 0.717) is 10.5 Å². The minimum absolute atomic E-state index is 0.309. The first-order chi connectivity index (χ1) is 13.5. The Kier molecular flexibility index (Phi) is 16.0. The highest BCUT2D eigenvalue weighted by molar-refractivity contribution is 7.79. The van der Waals surface area contributed by atoms with E-state index in [9.17, 15) is 4.21 Å². The summed E-state index contributed by atoms with van der Waals surface area (Å²) in [5, 5.41) is 8.38. The summed E-state index contributed by atoms with van der Waals surface area (Å²) in [6, 6.07) is 7.83. The number of nitrogens with zero attached hydrogens (tertiary/aromatic N) is 2. The molecule has 0 aliphatic carbocycles. The first-order valence-corrected chi connectivity index (χ1v) is 12.0. The molecule has 4 nitrogen and oxygen atoms in total. The standard InChI is InChI=1S/C16H36N.C7H5NO2S/c1-5-9-13-17(14-10-6-2,15-11-7-3)16-12-8-4;8-5-6-1-3-7(4-2-6)11(9)10/h5-16H2,1-4H3;1-4H,(H,9,10)/q+1;. The van der Waals surface area contributed by atoms with Crippen molar-refractivity contribution < 1.29 is 13.2 Å². The van der Waals surface area contributed by atoms with Crippen molar-refractivity contribution in [2.24, 2.45) is 0 Å². The van der Waals surface area contributed by atoms with Crippen molar-refractivity contribution in [3.05, 3.63) is 29.8 Å². The molecule has 0 aromatic heterocycles. The lowest BCUT2D eigenvalue weighted by Gasteiger charge is -2.39. The zero-order valence-corrected chi connectivity index (χ0v) is 19.3. The lowest BCUT2D eigenvalue weighted by atomic mass is 10.1. The predicted octanol–water partition coefficient (Wildman–Crippen LogP) is 6.14. The molecule has 0 saturated carbocycles. The maximum Gasteiger partial charge on any atom is 0.186 e. The van der Waals surface area contributed by atoms with Gasteiger partial charge in [-0.2, -0.15) is 5.26 Å². The van der Waals surface area contributed by atoms with E-state index in [0.717, 1.165) is 0 Å². The fourth-order valence-corrected chi connectivity index (χ4v) is 3.66. The Hall–Kier alpha value is -1.22. The molecule has 0 aliphatic heterocycles. The van der Waals surface area contributed by atoms with Crippen LogP contribution in [0.3, 0.4) is 0 Å². The predicted molar refractivity (Wildman–Crippen MR) is 120 cm³/mol. The third-order valence-corrected chi connectivity index (χ3v) is 5.80. The van der Waals surface area contributed by atoms with Crippen molar-refractivity contribution in [1.29, 1.82) is 5.26 Å². The van der Waals surface area contributed by atoms with Crippen LogP contribution >= 0.6 is 0 Å². The topological polar surface area (TPSA) is 61.1 Å². The largest absolute Gasteiger partial charge is 0.324 e. The minimum atomic E-state index is -1.95. The second-order valence-corrected chi connectivity index (χ2v) is 8.51. The molecule has 5 heteroatoms. The number of hydrogen-bond donors (Lipinski definition) is 1. The quantitative estimate of drug-likeness (QED) is 0.314. The molecule has 0 saturated heterocycles. The molecule has 0 amide bonds. The van der Waals surface area contributed by atoms with Crippen LogP contribution in [0.5, 0.6) is 0 Å². The van der Waals surface area contributed by atoms with Gasteiger partial charge in [0.2, 0.25) is 0 Å². The molecule has 0 aliphatic rings. The van der Waals surface area contributed by atoms with E-state index >= 15 is 0 Å². The van der Waals surface area contributed by atoms with Gasteiger partial charge in [0.1, 0.15) is 0 Å². The molecule has 1 N–H and O–H groups in total. The number of benzene rings is 1. The Morgan fingerprint density at radius 2 is 1.18 bits per heavy atom.